The van der Waals surface area contributed by atoms with Crippen molar-refractivity contribution in [1.29, 1.82) is 0 Å². The van der Waals surface area contributed by atoms with Crippen molar-refractivity contribution in [3.8, 4) is 11.5 Å². The molecule has 0 spiro atoms. The van der Waals surface area contributed by atoms with Crippen molar-refractivity contribution in [3.63, 3.8) is 0 Å². The highest BCUT2D eigenvalue weighted by Gasteiger charge is 2.14. The topological polar surface area (TPSA) is 110 Å². The quantitative estimate of drug-likeness (QED) is 0.564. The van der Waals surface area contributed by atoms with Crippen molar-refractivity contribution in [3.05, 3.63) is 28.3 Å². The molecule has 0 atom stereocenters. The number of carboxylic acid groups (broad SMARTS) is 1. The van der Waals surface area contributed by atoms with Gasteiger partial charge in [0.15, 0.2) is 12.4 Å². The summed E-state index contributed by atoms with van der Waals surface area (Å²) in [4.78, 5) is 19.7. The standard InChI is InChI=1S/C8H7NO6/c10-7-2-1-5(15-4-8(11)12)3-6(7)9(13)14/h1-3,10H,4H2,(H,11,12). The first-order chi connectivity index (χ1) is 7.00. The maximum atomic E-state index is 10.4. The molecular formula is C8H7NO6. The van der Waals surface area contributed by atoms with Gasteiger partial charge in [-0.2, -0.15) is 0 Å². The molecule has 15 heavy (non-hydrogen) atoms. The molecule has 0 aromatic heterocycles. The summed E-state index contributed by atoms with van der Waals surface area (Å²) < 4.78 is 4.70. The Kier molecular flexibility index (Phi) is 3.06. The number of aliphatic carboxylic acids is 1. The van der Waals surface area contributed by atoms with Crippen LogP contribution in [0.3, 0.4) is 0 Å². The first kappa shape index (κ1) is 10.8. The first-order valence-corrected chi connectivity index (χ1v) is 3.82. The monoisotopic (exact) mass is 213 g/mol. The fourth-order valence-corrected chi connectivity index (χ4v) is 0.884. The lowest BCUT2D eigenvalue weighted by atomic mass is 10.3. The molecule has 1 aromatic rings. The second-order valence-electron chi connectivity index (χ2n) is 2.59. The molecule has 0 fully saturated rings. The summed E-state index contributed by atoms with van der Waals surface area (Å²) in [5.41, 5.74) is -0.530. The van der Waals surface area contributed by atoms with Crippen molar-refractivity contribution < 1.29 is 24.7 Å². The third kappa shape index (κ3) is 2.83. The Morgan fingerprint density at radius 1 is 1.53 bits per heavy atom. The van der Waals surface area contributed by atoms with Crippen LogP contribution in [0.2, 0.25) is 0 Å². The number of benzene rings is 1. The van der Waals surface area contributed by atoms with Crippen LogP contribution in [0.4, 0.5) is 5.69 Å². The van der Waals surface area contributed by atoms with Crippen LogP contribution >= 0.6 is 0 Å². The molecule has 0 bridgehead atoms. The molecule has 0 aliphatic carbocycles. The predicted molar refractivity (Wildman–Crippen MR) is 47.9 cm³/mol. The van der Waals surface area contributed by atoms with Crippen LogP contribution < -0.4 is 4.74 Å². The molecule has 0 unspecified atom stereocenters. The molecule has 0 aliphatic rings. The number of hydrogen-bond donors (Lipinski definition) is 2. The van der Waals surface area contributed by atoms with E-state index in [0.29, 0.717) is 0 Å². The zero-order valence-corrected chi connectivity index (χ0v) is 7.41. The van der Waals surface area contributed by atoms with E-state index in [9.17, 15) is 14.9 Å². The zero-order chi connectivity index (χ0) is 11.4. The molecule has 0 aliphatic heterocycles. The van der Waals surface area contributed by atoms with E-state index in [0.717, 1.165) is 12.1 Å². The van der Waals surface area contributed by atoms with Gasteiger partial charge in [0.05, 0.1) is 11.0 Å². The van der Waals surface area contributed by atoms with Gasteiger partial charge in [-0.05, 0) is 12.1 Å². The molecule has 7 heteroatoms. The van der Waals surface area contributed by atoms with E-state index in [1.165, 1.54) is 6.07 Å². The smallest absolute Gasteiger partial charge is 0.341 e. The number of phenols is 1. The van der Waals surface area contributed by atoms with Gasteiger partial charge in [0.1, 0.15) is 5.75 Å². The molecular weight excluding hydrogens is 206 g/mol. The van der Waals surface area contributed by atoms with Crippen LogP contribution in [0, 0.1) is 10.1 Å². The molecule has 7 nitrogen and oxygen atoms in total. The van der Waals surface area contributed by atoms with Gasteiger partial charge in [-0.1, -0.05) is 0 Å². The van der Waals surface area contributed by atoms with E-state index in [1.54, 1.807) is 0 Å². The van der Waals surface area contributed by atoms with Gasteiger partial charge in [-0.25, -0.2) is 4.79 Å². The highest BCUT2D eigenvalue weighted by atomic mass is 16.6. The van der Waals surface area contributed by atoms with Gasteiger partial charge in [0, 0.05) is 0 Å². The number of carbonyl (C=O) groups is 1. The number of hydrogen-bond acceptors (Lipinski definition) is 5. The normalized spacial score (nSPS) is 9.60. The number of rotatable bonds is 4. The minimum atomic E-state index is -1.19. The average molecular weight is 213 g/mol. The molecule has 1 rings (SSSR count). The summed E-state index contributed by atoms with van der Waals surface area (Å²) in [5.74, 6) is -1.67. The molecule has 0 radical (unpaired) electrons. The summed E-state index contributed by atoms with van der Waals surface area (Å²) >= 11 is 0. The first-order valence-electron chi connectivity index (χ1n) is 3.82. The second-order valence-corrected chi connectivity index (χ2v) is 2.59. The van der Waals surface area contributed by atoms with Gasteiger partial charge < -0.3 is 14.9 Å². The van der Waals surface area contributed by atoms with Crippen molar-refractivity contribution in [2.75, 3.05) is 6.61 Å². The number of nitrogens with zero attached hydrogens (tertiary/aromatic N) is 1. The lowest BCUT2D eigenvalue weighted by Crippen LogP contribution is -2.09. The van der Waals surface area contributed by atoms with Gasteiger partial charge in [-0.3, -0.25) is 10.1 Å². The molecule has 0 saturated heterocycles. The fraction of sp³-hybridized carbons (Fsp3) is 0.125. The maximum Gasteiger partial charge on any atom is 0.341 e. The lowest BCUT2D eigenvalue weighted by Gasteiger charge is -2.03. The fourth-order valence-electron chi connectivity index (χ4n) is 0.884. The molecule has 0 amide bonds. The molecule has 80 valence electrons. The van der Waals surface area contributed by atoms with Crippen molar-refractivity contribution >= 4 is 11.7 Å². The molecule has 1 aromatic carbocycles. The van der Waals surface area contributed by atoms with E-state index < -0.39 is 28.9 Å². The Balaban J connectivity index is 2.87. The van der Waals surface area contributed by atoms with Crippen LogP contribution in [-0.2, 0) is 4.79 Å². The summed E-state index contributed by atoms with van der Waals surface area (Å²) in [5, 5.41) is 27.8. The van der Waals surface area contributed by atoms with Gasteiger partial charge in [-0.15, -0.1) is 0 Å². The van der Waals surface area contributed by atoms with Gasteiger partial charge in [0.25, 0.3) is 0 Å². The zero-order valence-electron chi connectivity index (χ0n) is 7.41. The Morgan fingerprint density at radius 2 is 2.20 bits per heavy atom. The minimum Gasteiger partial charge on any atom is -0.502 e. The van der Waals surface area contributed by atoms with Gasteiger partial charge in [0.2, 0.25) is 0 Å². The van der Waals surface area contributed by atoms with E-state index in [4.69, 9.17) is 14.9 Å². The largest absolute Gasteiger partial charge is 0.502 e. The highest BCUT2D eigenvalue weighted by molar-refractivity contribution is 5.68. The van der Waals surface area contributed by atoms with Gasteiger partial charge >= 0.3 is 11.7 Å². The summed E-state index contributed by atoms with van der Waals surface area (Å²) in [6.45, 7) is -0.595. The Bertz CT molecular complexity index is 402. The number of nitro benzene ring substituents is 1. The van der Waals surface area contributed by atoms with E-state index in [2.05, 4.69) is 0 Å². The number of ether oxygens (including phenoxy) is 1. The molecule has 0 saturated carbocycles. The number of aromatic hydroxyl groups is 1. The van der Waals surface area contributed by atoms with E-state index in [1.807, 2.05) is 0 Å². The van der Waals surface area contributed by atoms with Crippen LogP contribution in [0.1, 0.15) is 0 Å². The van der Waals surface area contributed by atoms with Crippen LogP contribution in [0.5, 0.6) is 11.5 Å². The van der Waals surface area contributed by atoms with Crippen molar-refractivity contribution in [2.45, 2.75) is 0 Å². The van der Waals surface area contributed by atoms with E-state index in [-0.39, 0.29) is 5.75 Å². The summed E-state index contributed by atoms with van der Waals surface area (Å²) in [6.07, 6.45) is 0. The summed E-state index contributed by atoms with van der Waals surface area (Å²) in [6, 6.07) is 3.26. The number of phenolic OH excluding ortho intramolecular Hbond substituents is 1. The third-order valence-corrected chi connectivity index (χ3v) is 1.51. The predicted octanol–water partition coefficient (Wildman–Crippen LogP) is 0.764. The Hall–Kier alpha value is -2.31. The maximum absolute atomic E-state index is 10.4. The number of carboxylic acids is 1. The average Bonchev–Trinajstić information content (AvgIpc) is 2.16. The molecule has 2 N–H and O–H groups in total. The minimum absolute atomic E-state index is 0.0156. The molecule has 0 heterocycles. The SMILES string of the molecule is O=C(O)COc1ccc(O)c([N+](=O)[O-])c1. The van der Waals surface area contributed by atoms with Crippen LogP contribution in [0.25, 0.3) is 0 Å². The van der Waals surface area contributed by atoms with Crippen molar-refractivity contribution in [2.24, 2.45) is 0 Å². The summed E-state index contributed by atoms with van der Waals surface area (Å²) in [7, 11) is 0. The highest BCUT2D eigenvalue weighted by Crippen LogP contribution is 2.29. The lowest BCUT2D eigenvalue weighted by molar-refractivity contribution is -0.385. The third-order valence-electron chi connectivity index (χ3n) is 1.51. The number of nitro groups is 1. The van der Waals surface area contributed by atoms with Crippen LogP contribution in [-0.4, -0.2) is 27.7 Å². The Labute approximate surface area is 83.7 Å². The Morgan fingerprint density at radius 3 is 2.73 bits per heavy atom. The second kappa shape index (κ2) is 4.27. The van der Waals surface area contributed by atoms with Crippen LogP contribution in [0.15, 0.2) is 18.2 Å². The van der Waals surface area contributed by atoms with E-state index >= 15 is 0 Å². The van der Waals surface area contributed by atoms with Crippen molar-refractivity contribution in [1.82, 2.24) is 0 Å².